The Kier molecular flexibility index (Phi) is 9.13. The van der Waals surface area contributed by atoms with E-state index in [0.717, 1.165) is 42.8 Å². The fraction of sp³-hybridized carbons (Fsp3) is 0.750. The number of thiazole rings is 1. The lowest BCUT2D eigenvalue weighted by atomic mass is 10.2. The number of hydrogen-bond donors (Lipinski definition) is 2. The number of nitrogens with zero attached hydrogens (tertiary/aromatic N) is 3. The zero-order valence-corrected chi connectivity index (χ0v) is 16.1. The number of guanidine groups is 1. The van der Waals surface area contributed by atoms with Gasteiger partial charge in [0.25, 0.3) is 0 Å². The van der Waals surface area contributed by atoms with Gasteiger partial charge in [-0.05, 0) is 41.3 Å². The second-order valence-electron chi connectivity index (χ2n) is 5.73. The first-order chi connectivity index (χ1) is 11.0. The van der Waals surface area contributed by atoms with Gasteiger partial charge in [0.2, 0.25) is 0 Å². The van der Waals surface area contributed by atoms with Crippen molar-refractivity contribution in [1.82, 2.24) is 20.5 Å². The Bertz CT molecular complexity index is 467. The maximum absolute atomic E-state index is 5.79. The summed E-state index contributed by atoms with van der Waals surface area (Å²) in [5.74, 6) is 0.782. The van der Waals surface area contributed by atoms with E-state index in [1.807, 2.05) is 13.8 Å². The van der Waals surface area contributed by atoms with E-state index in [4.69, 9.17) is 4.74 Å². The first-order valence-electron chi connectivity index (χ1n) is 8.10. The highest BCUT2D eigenvalue weighted by Crippen LogP contribution is 2.15. The number of rotatable bonds is 9. The van der Waals surface area contributed by atoms with Crippen LogP contribution in [-0.2, 0) is 11.3 Å². The Labute approximate surface area is 144 Å². The maximum atomic E-state index is 5.79. The second-order valence-corrected chi connectivity index (χ2v) is 7.01. The number of ether oxygens (including phenoxy) is 1. The Morgan fingerprint density at radius 3 is 2.61 bits per heavy atom. The Morgan fingerprint density at radius 2 is 2.09 bits per heavy atom. The van der Waals surface area contributed by atoms with Gasteiger partial charge in [-0.1, -0.05) is 0 Å². The summed E-state index contributed by atoms with van der Waals surface area (Å²) in [7, 11) is 5.94. The minimum absolute atomic E-state index is 0.185. The molecule has 0 amide bonds. The van der Waals surface area contributed by atoms with Crippen LogP contribution in [0, 0.1) is 13.8 Å². The molecule has 1 aromatic rings. The molecule has 0 aliphatic heterocycles. The van der Waals surface area contributed by atoms with Crippen LogP contribution in [-0.4, -0.2) is 62.8 Å². The van der Waals surface area contributed by atoms with Gasteiger partial charge in [0.15, 0.2) is 5.96 Å². The molecule has 7 heteroatoms. The quantitative estimate of drug-likeness (QED) is 0.530. The topological polar surface area (TPSA) is 61.8 Å². The smallest absolute Gasteiger partial charge is 0.191 e. The molecule has 0 aliphatic rings. The lowest BCUT2D eigenvalue weighted by Gasteiger charge is -2.21. The number of aryl methyl sites for hydroxylation is 2. The fourth-order valence-corrected chi connectivity index (χ4v) is 2.96. The van der Waals surface area contributed by atoms with Crippen LogP contribution in [0.5, 0.6) is 0 Å². The van der Waals surface area contributed by atoms with Crippen molar-refractivity contribution in [2.24, 2.45) is 4.99 Å². The number of aromatic nitrogens is 1. The summed E-state index contributed by atoms with van der Waals surface area (Å²) in [5, 5.41) is 7.73. The molecule has 23 heavy (non-hydrogen) atoms. The standard InChI is InChI=1S/C16H31N5OS/c1-7-22-14(8-9-21(5)6)10-18-16(17-4)19-11-15-20-12(2)13(3)23-15/h14H,7-11H2,1-6H3,(H2,17,18,19). The monoisotopic (exact) mass is 341 g/mol. The molecule has 0 aliphatic carbocycles. The summed E-state index contributed by atoms with van der Waals surface area (Å²) in [4.78, 5) is 12.2. The van der Waals surface area contributed by atoms with Crippen molar-refractivity contribution in [3.8, 4) is 0 Å². The highest BCUT2D eigenvalue weighted by Gasteiger charge is 2.10. The van der Waals surface area contributed by atoms with Crippen LogP contribution in [0.3, 0.4) is 0 Å². The van der Waals surface area contributed by atoms with E-state index in [2.05, 4.69) is 46.5 Å². The van der Waals surface area contributed by atoms with Crippen LogP contribution in [0.4, 0.5) is 0 Å². The zero-order valence-electron chi connectivity index (χ0n) is 15.3. The van der Waals surface area contributed by atoms with Crippen molar-refractivity contribution >= 4 is 17.3 Å². The molecule has 0 saturated carbocycles. The third-order valence-electron chi connectivity index (χ3n) is 3.50. The molecule has 0 radical (unpaired) electrons. The highest BCUT2D eigenvalue weighted by atomic mass is 32.1. The van der Waals surface area contributed by atoms with Gasteiger partial charge in [0.1, 0.15) is 5.01 Å². The molecule has 0 bridgehead atoms. The minimum atomic E-state index is 0.185. The predicted octanol–water partition coefficient (Wildman–Crippen LogP) is 1.78. The van der Waals surface area contributed by atoms with Crippen molar-refractivity contribution in [2.45, 2.75) is 39.8 Å². The van der Waals surface area contributed by atoms with Crippen LogP contribution >= 0.6 is 11.3 Å². The Morgan fingerprint density at radius 1 is 1.35 bits per heavy atom. The minimum Gasteiger partial charge on any atom is -0.377 e. The first kappa shape index (κ1) is 19.9. The van der Waals surface area contributed by atoms with Gasteiger partial charge in [-0.15, -0.1) is 11.3 Å². The molecule has 0 saturated heterocycles. The van der Waals surface area contributed by atoms with Crippen LogP contribution in [0.2, 0.25) is 0 Å². The van der Waals surface area contributed by atoms with Crippen LogP contribution < -0.4 is 10.6 Å². The molecule has 6 nitrogen and oxygen atoms in total. The van der Waals surface area contributed by atoms with Crippen molar-refractivity contribution in [1.29, 1.82) is 0 Å². The van der Waals surface area contributed by atoms with Crippen molar-refractivity contribution in [3.05, 3.63) is 15.6 Å². The second kappa shape index (κ2) is 10.6. The van der Waals surface area contributed by atoms with Gasteiger partial charge in [-0.3, -0.25) is 4.99 Å². The third-order valence-corrected chi connectivity index (χ3v) is 4.57. The molecule has 2 N–H and O–H groups in total. The lowest BCUT2D eigenvalue weighted by Crippen LogP contribution is -2.42. The number of hydrogen-bond acceptors (Lipinski definition) is 5. The average molecular weight is 342 g/mol. The largest absolute Gasteiger partial charge is 0.377 e. The third kappa shape index (κ3) is 7.76. The summed E-state index contributed by atoms with van der Waals surface area (Å²) in [6.45, 7) is 9.34. The molecule has 0 fully saturated rings. The van der Waals surface area contributed by atoms with Crippen molar-refractivity contribution in [3.63, 3.8) is 0 Å². The number of aliphatic imine (C=N–C) groups is 1. The summed E-state index contributed by atoms with van der Waals surface area (Å²) < 4.78 is 5.79. The predicted molar refractivity (Wildman–Crippen MR) is 98.4 cm³/mol. The van der Waals surface area contributed by atoms with Gasteiger partial charge in [-0.25, -0.2) is 4.98 Å². The Hall–Kier alpha value is -1.18. The van der Waals surface area contributed by atoms with E-state index in [9.17, 15) is 0 Å². The molecule has 1 atom stereocenters. The van der Waals surface area contributed by atoms with Gasteiger partial charge in [0, 0.05) is 31.6 Å². The molecule has 132 valence electrons. The van der Waals surface area contributed by atoms with Crippen LogP contribution in [0.1, 0.15) is 28.9 Å². The highest BCUT2D eigenvalue weighted by molar-refractivity contribution is 7.11. The van der Waals surface area contributed by atoms with Gasteiger partial charge in [0.05, 0.1) is 18.3 Å². The van der Waals surface area contributed by atoms with Crippen LogP contribution in [0.15, 0.2) is 4.99 Å². The number of nitrogens with one attached hydrogen (secondary N) is 2. The van der Waals surface area contributed by atoms with Gasteiger partial charge < -0.3 is 20.3 Å². The van der Waals surface area contributed by atoms with E-state index in [-0.39, 0.29) is 6.10 Å². The molecule has 1 unspecified atom stereocenters. The zero-order chi connectivity index (χ0) is 17.2. The Balaban J connectivity index is 2.41. The van der Waals surface area contributed by atoms with E-state index >= 15 is 0 Å². The molecular formula is C16H31N5OS. The summed E-state index contributed by atoms with van der Waals surface area (Å²) in [6, 6.07) is 0. The van der Waals surface area contributed by atoms with Crippen LogP contribution in [0.25, 0.3) is 0 Å². The van der Waals surface area contributed by atoms with E-state index in [1.54, 1.807) is 18.4 Å². The first-order valence-corrected chi connectivity index (χ1v) is 8.91. The fourth-order valence-electron chi connectivity index (χ4n) is 2.09. The normalized spacial score (nSPS) is 13.4. The maximum Gasteiger partial charge on any atom is 0.191 e. The molecule has 0 spiro atoms. The molecular weight excluding hydrogens is 310 g/mol. The molecule has 0 aromatic carbocycles. The average Bonchev–Trinajstić information content (AvgIpc) is 2.83. The summed E-state index contributed by atoms with van der Waals surface area (Å²) >= 11 is 1.72. The SMILES string of the molecule is CCOC(CCN(C)C)CNC(=NC)NCc1nc(C)c(C)s1. The van der Waals surface area contributed by atoms with Crippen molar-refractivity contribution < 1.29 is 4.74 Å². The van der Waals surface area contributed by atoms with Gasteiger partial charge in [-0.2, -0.15) is 0 Å². The summed E-state index contributed by atoms with van der Waals surface area (Å²) in [5.41, 5.74) is 1.11. The van der Waals surface area contributed by atoms with E-state index in [1.165, 1.54) is 4.88 Å². The van der Waals surface area contributed by atoms with E-state index < -0.39 is 0 Å². The molecule has 1 heterocycles. The lowest BCUT2D eigenvalue weighted by molar-refractivity contribution is 0.0548. The van der Waals surface area contributed by atoms with Gasteiger partial charge >= 0.3 is 0 Å². The molecule has 1 aromatic heterocycles. The summed E-state index contributed by atoms with van der Waals surface area (Å²) in [6.07, 6.45) is 1.18. The molecule has 1 rings (SSSR count). The van der Waals surface area contributed by atoms with Crippen molar-refractivity contribution in [2.75, 3.05) is 40.8 Å². The van der Waals surface area contributed by atoms with E-state index in [0.29, 0.717) is 6.54 Å².